The highest BCUT2D eigenvalue weighted by Crippen LogP contribution is 2.33. The zero-order valence-electron chi connectivity index (χ0n) is 13.4. The number of phenols is 1. The first-order chi connectivity index (χ1) is 12.3. The fourth-order valence-corrected chi connectivity index (χ4v) is 2.69. The molecule has 0 saturated carbocycles. The van der Waals surface area contributed by atoms with Crippen LogP contribution in [0.2, 0.25) is 0 Å². The van der Waals surface area contributed by atoms with Gasteiger partial charge >= 0.3 is 0 Å². The van der Waals surface area contributed by atoms with Crippen molar-refractivity contribution in [2.45, 2.75) is 0 Å². The number of hydrogen-bond donors (Lipinski definition) is 1. The number of aromatic nitrogens is 3. The number of hydrogen-bond acceptors (Lipinski definition) is 4. The molecule has 1 aromatic carbocycles. The van der Waals surface area contributed by atoms with Crippen molar-refractivity contribution in [3.8, 4) is 39.7 Å². The fourth-order valence-electron chi connectivity index (χ4n) is 2.69. The standard InChI is InChI=1S/C21H15N3O/c25-21-10-2-1-7-16(21)15-13-19(17-8-3-5-11-22-17)24-20(14-15)18-9-4-6-12-23-18/h1-14,25H. The van der Waals surface area contributed by atoms with Crippen LogP contribution < -0.4 is 0 Å². The second-order valence-electron chi connectivity index (χ2n) is 5.57. The van der Waals surface area contributed by atoms with E-state index in [1.807, 2.05) is 60.7 Å². The highest BCUT2D eigenvalue weighted by molar-refractivity contribution is 5.77. The molecule has 0 bridgehead atoms. The first kappa shape index (κ1) is 15.0. The Morgan fingerprint density at radius 1 is 0.600 bits per heavy atom. The molecule has 0 aliphatic carbocycles. The first-order valence-electron chi connectivity index (χ1n) is 7.94. The Balaban J connectivity index is 1.94. The number of phenolic OH excluding ortho intramolecular Hbond substituents is 1. The van der Waals surface area contributed by atoms with Crippen LogP contribution in [0.1, 0.15) is 0 Å². The minimum absolute atomic E-state index is 0.229. The molecule has 0 atom stereocenters. The summed E-state index contributed by atoms with van der Waals surface area (Å²) in [5.74, 6) is 0.229. The molecule has 0 amide bonds. The molecule has 4 rings (SSSR count). The van der Waals surface area contributed by atoms with Gasteiger partial charge in [0.15, 0.2) is 0 Å². The minimum Gasteiger partial charge on any atom is -0.507 e. The summed E-state index contributed by atoms with van der Waals surface area (Å²) in [7, 11) is 0. The molecule has 4 nitrogen and oxygen atoms in total. The molecular weight excluding hydrogens is 310 g/mol. The third-order valence-electron chi connectivity index (χ3n) is 3.90. The number of aromatic hydroxyl groups is 1. The minimum atomic E-state index is 0.229. The summed E-state index contributed by atoms with van der Waals surface area (Å²) in [5.41, 5.74) is 4.64. The molecule has 1 N–H and O–H groups in total. The van der Waals surface area contributed by atoms with Crippen molar-refractivity contribution in [1.82, 2.24) is 15.0 Å². The summed E-state index contributed by atoms with van der Waals surface area (Å²) in [6, 6.07) is 22.6. The molecule has 0 aliphatic heterocycles. The molecule has 0 saturated heterocycles. The Bertz CT molecular complexity index is 944. The summed E-state index contributed by atoms with van der Waals surface area (Å²) < 4.78 is 0. The summed E-state index contributed by atoms with van der Waals surface area (Å²) in [4.78, 5) is 13.5. The van der Waals surface area contributed by atoms with Crippen molar-refractivity contribution in [2.24, 2.45) is 0 Å². The summed E-state index contributed by atoms with van der Waals surface area (Å²) in [6.07, 6.45) is 3.48. The third kappa shape index (κ3) is 3.10. The van der Waals surface area contributed by atoms with Crippen LogP contribution in [0.3, 0.4) is 0 Å². The maximum Gasteiger partial charge on any atom is 0.123 e. The van der Waals surface area contributed by atoms with E-state index in [2.05, 4.69) is 9.97 Å². The lowest BCUT2D eigenvalue weighted by atomic mass is 10.0. The Labute approximate surface area is 145 Å². The lowest BCUT2D eigenvalue weighted by molar-refractivity contribution is 0.477. The lowest BCUT2D eigenvalue weighted by Crippen LogP contribution is -1.94. The predicted octanol–water partition coefficient (Wildman–Crippen LogP) is 4.58. The molecule has 0 spiro atoms. The van der Waals surface area contributed by atoms with Gasteiger partial charge in [0, 0.05) is 18.0 Å². The third-order valence-corrected chi connectivity index (χ3v) is 3.90. The van der Waals surface area contributed by atoms with Gasteiger partial charge in [0.25, 0.3) is 0 Å². The number of nitrogens with zero attached hydrogens (tertiary/aromatic N) is 3. The van der Waals surface area contributed by atoms with Gasteiger partial charge in [-0.25, -0.2) is 4.98 Å². The van der Waals surface area contributed by atoms with Crippen molar-refractivity contribution >= 4 is 0 Å². The van der Waals surface area contributed by atoms with E-state index in [9.17, 15) is 5.11 Å². The van der Waals surface area contributed by atoms with Crippen LogP contribution in [0.5, 0.6) is 5.75 Å². The van der Waals surface area contributed by atoms with Crippen LogP contribution in [0.4, 0.5) is 0 Å². The van der Waals surface area contributed by atoms with Gasteiger partial charge in [0.1, 0.15) is 5.75 Å². The Kier molecular flexibility index (Phi) is 3.92. The number of rotatable bonds is 3. The van der Waals surface area contributed by atoms with Crippen molar-refractivity contribution in [3.05, 3.63) is 85.2 Å². The van der Waals surface area contributed by atoms with Crippen molar-refractivity contribution in [2.75, 3.05) is 0 Å². The molecule has 25 heavy (non-hydrogen) atoms. The zero-order valence-corrected chi connectivity index (χ0v) is 13.4. The maximum atomic E-state index is 10.2. The smallest absolute Gasteiger partial charge is 0.123 e. The topological polar surface area (TPSA) is 58.9 Å². The van der Waals surface area contributed by atoms with Gasteiger partial charge in [0.05, 0.1) is 22.8 Å². The second-order valence-corrected chi connectivity index (χ2v) is 5.57. The SMILES string of the molecule is Oc1ccccc1-c1cc(-c2ccccn2)nc(-c2ccccn2)c1. The molecule has 4 heteroatoms. The molecule has 120 valence electrons. The van der Waals surface area contributed by atoms with Gasteiger partial charge in [-0.15, -0.1) is 0 Å². The average molecular weight is 325 g/mol. The normalized spacial score (nSPS) is 10.6. The molecular formula is C21H15N3O. The highest BCUT2D eigenvalue weighted by atomic mass is 16.3. The van der Waals surface area contributed by atoms with Crippen molar-refractivity contribution in [1.29, 1.82) is 0 Å². The van der Waals surface area contributed by atoms with Crippen LogP contribution in [0, 0.1) is 0 Å². The first-order valence-corrected chi connectivity index (χ1v) is 7.94. The van der Waals surface area contributed by atoms with Gasteiger partial charge in [-0.05, 0) is 48.0 Å². The van der Waals surface area contributed by atoms with Gasteiger partial charge in [0.2, 0.25) is 0 Å². The predicted molar refractivity (Wildman–Crippen MR) is 97.8 cm³/mol. The zero-order chi connectivity index (χ0) is 17.1. The quantitative estimate of drug-likeness (QED) is 0.599. The van der Waals surface area contributed by atoms with Crippen LogP contribution >= 0.6 is 0 Å². The van der Waals surface area contributed by atoms with E-state index < -0.39 is 0 Å². The van der Waals surface area contributed by atoms with Crippen LogP contribution in [-0.2, 0) is 0 Å². The maximum absolute atomic E-state index is 10.2. The molecule has 0 fully saturated rings. The lowest BCUT2D eigenvalue weighted by Gasteiger charge is -2.10. The monoisotopic (exact) mass is 325 g/mol. The van der Waals surface area contributed by atoms with Gasteiger partial charge in [-0.2, -0.15) is 0 Å². The van der Waals surface area contributed by atoms with Crippen molar-refractivity contribution < 1.29 is 5.11 Å². The highest BCUT2D eigenvalue weighted by Gasteiger charge is 2.11. The van der Waals surface area contributed by atoms with Crippen LogP contribution in [0.25, 0.3) is 33.9 Å². The summed E-state index contributed by atoms with van der Waals surface area (Å²) in [5, 5.41) is 10.2. The van der Waals surface area contributed by atoms with Gasteiger partial charge in [-0.1, -0.05) is 30.3 Å². The van der Waals surface area contributed by atoms with Crippen molar-refractivity contribution in [3.63, 3.8) is 0 Å². The van der Waals surface area contributed by atoms with Crippen LogP contribution in [-0.4, -0.2) is 20.1 Å². The Morgan fingerprint density at radius 3 is 1.68 bits per heavy atom. The number of para-hydroxylation sites is 1. The summed E-state index contributed by atoms with van der Waals surface area (Å²) in [6.45, 7) is 0. The van der Waals surface area contributed by atoms with E-state index >= 15 is 0 Å². The molecule has 4 aromatic rings. The largest absolute Gasteiger partial charge is 0.507 e. The van der Waals surface area contributed by atoms with E-state index in [0.29, 0.717) is 0 Å². The molecule has 0 radical (unpaired) electrons. The fraction of sp³-hybridized carbons (Fsp3) is 0. The number of benzene rings is 1. The van der Waals surface area contributed by atoms with E-state index in [1.165, 1.54) is 0 Å². The summed E-state index contributed by atoms with van der Waals surface area (Å²) >= 11 is 0. The second kappa shape index (κ2) is 6.53. The Morgan fingerprint density at radius 2 is 1.16 bits per heavy atom. The van der Waals surface area contributed by atoms with Crippen LogP contribution in [0.15, 0.2) is 85.2 Å². The van der Waals surface area contributed by atoms with E-state index in [-0.39, 0.29) is 5.75 Å². The van der Waals surface area contributed by atoms with E-state index in [1.54, 1.807) is 24.5 Å². The molecule has 0 unspecified atom stereocenters. The number of pyridine rings is 3. The molecule has 3 heterocycles. The molecule has 3 aromatic heterocycles. The van der Waals surface area contributed by atoms with E-state index in [4.69, 9.17) is 4.98 Å². The average Bonchev–Trinajstić information content (AvgIpc) is 2.69. The molecule has 0 aliphatic rings. The van der Waals surface area contributed by atoms with E-state index in [0.717, 1.165) is 33.9 Å². The van der Waals surface area contributed by atoms with Gasteiger partial charge < -0.3 is 5.11 Å². The Hall–Kier alpha value is -3.53. The van der Waals surface area contributed by atoms with Gasteiger partial charge in [-0.3, -0.25) is 9.97 Å².